The largest absolute Gasteiger partial charge is 0.396 e. The molecule has 1 aromatic heterocycles. The van der Waals surface area contributed by atoms with Gasteiger partial charge in [-0.15, -0.1) is 0 Å². The number of hydrogen-bond donors (Lipinski definition) is 1. The monoisotopic (exact) mass is 235 g/mol. The van der Waals surface area contributed by atoms with Crippen molar-refractivity contribution in [2.24, 2.45) is 0 Å². The van der Waals surface area contributed by atoms with Crippen molar-refractivity contribution in [1.29, 1.82) is 0 Å². The highest BCUT2D eigenvalue weighted by Crippen LogP contribution is 2.31. The number of nitrogens with zero attached hydrogens (tertiary/aromatic N) is 1. The van der Waals surface area contributed by atoms with Crippen LogP contribution in [0, 0.1) is 5.82 Å². The Labute approximate surface area is 101 Å². The van der Waals surface area contributed by atoms with Crippen molar-refractivity contribution in [3.8, 4) is 0 Å². The van der Waals surface area contributed by atoms with E-state index in [1.165, 1.54) is 6.07 Å². The molecule has 3 heteroatoms. The molecule has 0 saturated heterocycles. The van der Waals surface area contributed by atoms with Gasteiger partial charge < -0.3 is 9.67 Å². The van der Waals surface area contributed by atoms with Gasteiger partial charge in [0.1, 0.15) is 5.82 Å². The van der Waals surface area contributed by atoms with E-state index >= 15 is 0 Å². The van der Waals surface area contributed by atoms with Gasteiger partial charge in [-0.25, -0.2) is 4.39 Å². The summed E-state index contributed by atoms with van der Waals surface area (Å²) in [7, 11) is 0. The maximum absolute atomic E-state index is 13.9. The highest BCUT2D eigenvalue weighted by molar-refractivity contribution is 5.85. The molecule has 0 saturated carbocycles. The van der Waals surface area contributed by atoms with Crippen LogP contribution < -0.4 is 0 Å². The zero-order valence-corrected chi connectivity index (χ0v) is 10.4. The third kappa shape index (κ3) is 1.95. The average molecular weight is 235 g/mol. The summed E-state index contributed by atoms with van der Waals surface area (Å²) in [6.07, 6.45) is 1.96. The fraction of sp³-hybridized carbons (Fsp3) is 0.429. The highest BCUT2D eigenvalue weighted by atomic mass is 19.1. The third-order valence-electron chi connectivity index (χ3n) is 3.20. The quantitative estimate of drug-likeness (QED) is 0.866. The van der Waals surface area contributed by atoms with Crippen LogP contribution in [0.3, 0.4) is 0 Å². The molecule has 0 aliphatic carbocycles. The molecule has 1 N–H and O–H groups in total. The molecular formula is C14H18FNO. The summed E-state index contributed by atoms with van der Waals surface area (Å²) in [5, 5.41) is 9.90. The standard InChI is InChI=1S/C14H18FNO/c1-9(2)16-7-11(10(3)8-17)14-12(15)5-4-6-13(14)16/h4-7,9-10,17H,8H2,1-3H3. The lowest BCUT2D eigenvalue weighted by molar-refractivity contribution is 0.273. The van der Waals surface area contributed by atoms with Crippen molar-refractivity contribution in [3.63, 3.8) is 0 Å². The van der Waals surface area contributed by atoms with Crippen LogP contribution in [-0.2, 0) is 0 Å². The Morgan fingerprint density at radius 2 is 2.00 bits per heavy atom. The highest BCUT2D eigenvalue weighted by Gasteiger charge is 2.17. The Morgan fingerprint density at radius 1 is 1.29 bits per heavy atom. The predicted molar refractivity (Wildman–Crippen MR) is 67.8 cm³/mol. The summed E-state index contributed by atoms with van der Waals surface area (Å²) >= 11 is 0. The fourth-order valence-electron chi connectivity index (χ4n) is 2.20. The number of aliphatic hydroxyl groups is 1. The van der Waals surface area contributed by atoms with E-state index in [0.717, 1.165) is 11.1 Å². The Morgan fingerprint density at radius 3 is 2.59 bits per heavy atom. The molecule has 2 rings (SSSR count). The molecule has 0 amide bonds. The summed E-state index contributed by atoms with van der Waals surface area (Å²) in [5.41, 5.74) is 1.78. The number of aromatic nitrogens is 1. The molecule has 0 aliphatic rings. The van der Waals surface area contributed by atoms with Gasteiger partial charge in [0, 0.05) is 30.1 Å². The number of halogens is 1. The van der Waals surface area contributed by atoms with E-state index in [0.29, 0.717) is 5.39 Å². The minimum absolute atomic E-state index is 0.0333. The van der Waals surface area contributed by atoms with Crippen molar-refractivity contribution in [2.45, 2.75) is 32.7 Å². The van der Waals surface area contributed by atoms with Crippen molar-refractivity contribution in [3.05, 3.63) is 35.8 Å². The summed E-state index contributed by atoms with van der Waals surface area (Å²) in [6.45, 7) is 6.08. The number of hydrogen-bond acceptors (Lipinski definition) is 1. The molecule has 1 atom stereocenters. The van der Waals surface area contributed by atoms with Crippen LogP contribution in [-0.4, -0.2) is 16.3 Å². The molecule has 0 fully saturated rings. The molecule has 17 heavy (non-hydrogen) atoms. The van der Waals surface area contributed by atoms with Gasteiger partial charge in [0.15, 0.2) is 0 Å². The van der Waals surface area contributed by atoms with Gasteiger partial charge in [-0.05, 0) is 31.5 Å². The van der Waals surface area contributed by atoms with Gasteiger partial charge in [-0.1, -0.05) is 13.0 Å². The molecule has 1 aromatic carbocycles. The molecule has 1 unspecified atom stereocenters. The van der Waals surface area contributed by atoms with E-state index in [1.807, 2.05) is 19.2 Å². The summed E-state index contributed by atoms with van der Waals surface area (Å²) < 4.78 is 16.0. The van der Waals surface area contributed by atoms with Crippen molar-refractivity contribution < 1.29 is 9.50 Å². The zero-order chi connectivity index (χ0) is 12.6. The molecular weight excluding hydrogens is 217 g/mol. The van der Waals surface area contributed by atoms with Gasteiger partial charge in [-0.3, -0.25) is 0 Å². The van der Waals surface area contributed by atoms with Crippen LogP contribution in [0.2, 0.25) is 0 Å². The first-order valence-electron chi connectivity index (χ1n) is 5.96. The van der Waals surface area contributed by atoms with Crippen LogP contribution in [0.15, 0.2) is 24.4 Å². The third-order valence-corrected chi connectivity index (χ3v) is 3.20. The van der Waals surface area contributed by atoms with Crippen molar-refractivity contribution in [2.75, 3.05) is 6.61 Å². The van der Waals surface area contributed by atoms with E-state index in [4.69, 9.17) is 0 Å². The number of aliphatic hydroxyl groups excluding tert-OH is 1. The Kier molecular flexibility index (Phi) is 3.20. The fourth-order valence-corrected chi connectivity index (χ4v) is 2.20. The maximum Gasteiger partial charge on any atom is 0.132 e. The minimum Gasteiger partial charge on any atom is -0.396 e. The van der Waals surface area contributed by atoms with Gasteiger partial charge in [-0.2, -0.15) is 0 Å². The Balaban J connectivity index is 2.76. The van der Waals surface area contributed by atoms with Gasteiger partial charge >= 0.3 is 0 Å². The smallest absolute Gasteiger partial charge is 0.132 e. The molecule has 2 nitrogen and oxygen atoms in total. The number of benzene rings is 1. The summed E-state index contributed by atoms with van der Waals surface area (Å²) in [6, 6.07) is 5.40. The number of fused-ring (bicyclic) bond motifs is 1. The number of rotatable bonds is 3. The predicted octanol–water partition coefficient (Wildman–Crippen LogP) is 3.46. The van der Waals surface area contributed by atoms with E-state index < -0.39 is 0 Å². The van der Waals surface area contributed by atoms with E-state index in [2.05, 4.69) is 18.4 Å². The van der Waals surface area contributed by atoms with Crippen LogP contribution >= 0.6 is 0 Å². The molecule has 2 aromatic rings. The van der Waals surface area contributed by atoms with Crippen LogP contribution in [0.25, 0.3) is 10.9 Å². The van der Waals surface area contributed by atoms with E-state index in [1.54, 1.807) is 6.07 Å². The second-order valence-electron chi connectivity index (χ2n) is 4.80. The Hall–Kier alpha value is -1.35. The SMILES string of the molecule is CC(CO)c1cn(C(C)C)c2cccc(F)c12. The molecule has 0 spiro atoms. The normalized spacial score (nSPS) is 13.5. The molecule has 92 valence electrons. The van der Waals surface area contributed by atoms with E-state index in [9.17, 15) is 9.50 Å². The molecule has 0 bridgehead atoms. The van der Waals surface area contributed by atoms with Gasteiger partial charge in [0.05, 0.1) is 5.52 Å². The van der Waals surface area contributed by atoms with Crippen molar-refractivity contribution >= 4 is 10.9 Å². The second kappa shape index (κ2) is 4.49. The zero-order valence-electron chi connectivity index (χ0n) is 10.4. The first kappa shape index (κ1) is 12.1. The minimum atomic E-state index is -0.211. The first-order chi connectivity index (χ1) is 8.06. The average Bonchev–Trinajstić information content (AvgIpc) is 2.69. The van der Waals surface area contributed by atoms with E-state index in [-0.39, 0.29) is 24.4 Å². The van der Waals surface area contributed by atoms with Crippen LogP contribution in [0.1, 0.15) is 38.3 Å². The summed E-state index contributed by atoms with van der Waals surface area (Å²) in [4.78, 5) is 0. The Bertz CT molecular complexity index is 530. The lowest BCUT2D eigenvalue weighted by Crippen LogP contribution is -2.00. The molecule has 0 radical (unpaired) electrons. The van der Waals surface area contributed by atoms with Crippen LogP contribution in [0.5, 0.6) is 0 Å². The lowest BCUT2D eigenvalue weighted by atomic mass is 10.0. The van der Waals surface area contributed by atoms with Gasteiger partial charge in [0.2, 0.25) is 0 Å². The summed E-state index contributed by atoms with van der Waals surface area (Å²) in [5.74, 6) is -0.258. The van der Waals surface area contributed by atoms with Gasteiger partial charge in [0.25, 0.3) is 0 Å². The van der Waals surface area contributed by atoms with Crippen LogP contribution in [0.4, 0.5) is 4.39 Å². The topological polar surface area (TPSA) is 25.2 Å². The maximum atomic E-state index is 13.9. The molecule has 1 heterocycles. The lowest BCUT2D eigenvalue weighted by Gasteiger charge is -2.08. The second-order valence-corrected chi connectivity index (χ2v) is 4.80. The first-order valence-corrected chi connectivity index (χ1v) is 5.96. The molecule has 0 aliphatic heterocycles. The van der Waals surface area contributed by atoms with Crippen molar-refractivity contribution in [1.82, 2.24) is 4.57 Å².